The summed E-state index contributed by atoms with van der Waals surface area (Å²) in [5.41, 5.74) is 1.33. The third kappa shape index (κ3) is 3.87. The normalized spacial score (nSPS) is 19.0. The van der Waals surface area contributed by atoms with Crippen molar-refractivity contribution in [3.63, 3.8) is 0 Å². The Morgan fingerprint density at radius 3 is 2.79 bits per heavy atom. The van der Waals surface area contributed by atoms with Crippen molar-refractivity contribution in [1.82, 2.24) is 20.0 Å². The van der Waals surface area contributed by atoms with Gasteiger partial charge in [-0.3, -0.25) is 14.3 Å². The molecule has 148 valence electrons. The highest BCUT2D eigenvalue weighted by Crippen LogP contribution is 2.27. The van der Waals surface area contributed by atoms with Crippen LogP contribution in [0.2, 0.25) is 10.0 Å². The van der Waals surface area contributed by atoms with E-state index in [2.05, 4.69) is 10.4 Å². The van der Waals surface area contributed by atoms with E-state index in [0.717, 1.165) is 19.4 Å². The van der Waals surface area contributed by atoms with Crippen molar-refractivity contribution < 1.29 is 14.3 Å². The molecule has 28 heavy (non-hydrogen) atoms. The number of carbonyl (C=O) groups is 2. The van der Waals surface area contributed by atoms with Crippen LogP contribution in [0.5, 0.6) is 0 Å². The number of rotatable bonds is 5. The first-order chi connectivity index (χ1) is 13.5. The van der Waals surface area contributed by atoms with Gasteiger partial charge in [0.2, 0.25) is 0 Å². The molecule has 7 nitrogen and oxygen atoms in total. The second-order valence-corrected chi connectivity index (χ2v) is 7.72. The molecule has 4 rings (SSSR count). The van der Waals surface area contributed by atoms with Gasteiger partial charge in [0, 0.05) is 47.9 Å². The number of hydrogen-bond donors (Lipinski definition) is 1. The first-order valence-electron chi connectivity index (χ1n) is 9.23. The first-order valence-corrected chi connectivity index (χ1v) is 9.98. The van der Waals surface area contributed by atoms with Crippen LogP contribution in [0.1, 0.15) is 39.4 Å². The lowest BCUT2D eigenvalue weighted by Gasteiger charge is -2.28. The first kappa shape index (κ1) is 19.2. The number of nitrogens with one attached hydrogen (secondary N) is 1. The van der Waals surface area contributed by atoms with E-state index in [1.165, 1.54) is 6.07 Å². The molecule has 2 aliphatic heterocycles. The van der Waals surface area contributed by atoms with Gasteiger partial charge in [0.1, 0.15) is 5.69 Å². The third-order valence-electron chi connectivity index (χ3n) is 5.03. The van der Waals surface area contributed by atoms with Gasteiger partial charge in [-0.05, 0) is 25.0 Å². The Kier molecular flexibility index (Phi) is 5.57. The summed E-state index contributed by atoms with van der Waals surface area (Å²) < 4.78 is 7.08. The minimum Gasteiger partial charge on any atom is -0.376 e. The van der Waals surface area contributed by atoms with Crippen molar-refractivity contribution in [3.05, 3.63) is 51.3 Å². The fourth-order valence-corrected chi connectivity index (χ4v) is 3.99. The third-order valence-corrected chi connectivity index (χ3v) is 5.73. The minimum absolute atomic E-state index is 0.0543. The topological polar surface area (TPSA) is 76.5 Å². The number of fused-ring (bicyclic) bond motifs is 1. The maximum Gasteiger partial charge on any atom is 0.272 e. The lowest BCUT2D eigenvalue weighted by molar-refractivity contribution is 0.0683. The average Bonchev–Trinajstić information content (AvgIpc) is 3.34. The Labute approximate surface area is 172 Å². The summed E-state index contributed by atoms with van der Waals surface area (Å²) in [6.07, 6.45) is 2.01. The zero-order valence-corrected chi connectivity index (χ0v) is 16.7. The highest BCUT2D eigenvalue weighted by Gasteiger charge is 2.29. The summed E-state index contributed by atoms with van der Waals surface area (Å²) in [5.74, 6) is -0.501. The molecule has 9 heteroatoms. The molecule has 1 fully saturated rings. The Morgan fingerprint density at radius 1 is 1.29 bits per heavy atom. The monoisotopic (exact) mass is 422 g/mol. The Balaban J connectivity index is 1.45. The van der Waals surface area contributed by atoms with Gasteiger partial charge >= 0.3 is 0 Å². The molecular weight excluding hydrogens is 403 g/mol. The van der Waals surface area contributed by atoms with Crippen LogP contribution in [0, 0.1) is 0 Å². The van der Waals surface area contributed by atoms with Crippen molar-refractivity contribution in [2.24, 2.45) is 0 Å². The molecule has 2 aromatic rings. The summed E-state index contributed by atoms with van der Waals surface area (Å²) >= 11 is 12.5. The van der Waals surface area contributed by atoms with E-state index in [0.29, 0.717) is 47.5 Å². The fourth-order valence-electron chi connectivity index (χ4n) is 3.48. The lowest BCUT2D eigenvalue weighted by Crippen LogP contribution is -2.39. The minimum atomic E-state index is -0.300. The largest absolute Gasteiger partial charge is 0.376 e. The second kappa shape index (κ2) is 8.11. The molecule has 0 aliphatic carbocycles. The number of halogens is 2. The van der Waals surface area contributed by atoms with Gasteiger partial charge in [0.05, 0.1) is 12.6 Å². The van der Waals surface area contributed by atoms with E-state index < -0.39 is 0 Å². The molecule has 0 radical (unpaired) electrons. The second-order valence-electron chi connectivity index (χ2n) is 6.91. The predicted molar refractivity (Wildman–Crippen MR) is 105 cm³/mol. The lowest BCUT2D eigenvalue weighted by atomic mass is 10.2. The van der Waals surface area contributed by atoms with Crippen molar-refractivity contribution in [2.75, 3.05) is 19.7 Å². The van der Waals surface area contributed by atoms with Crippen molar-refractivity contribution >= 4 is 35.0 Å². The van der Waals surface area contributed by atoms with Gasteiger partial charge in [-0.25, -0.2) is 0 Å². The predicted octanol–water partition coefficient (Wildman–Crippen LogP) is 2.75. The highest BCUT2D eigenvalue weighted by atomic mass is 35.5. The van der Waals surface area contributed by atoms with E-state index in [9.17, 15) is 9.59 Å². The molecule has 0 unspecified atom stereocenters. The number of ether oxygens (including phenoxy) is 1. The number of aromatic nitrogens is 2. The zero-order chi connectivity index (χ0) is 19.7. The van der Waals surface area contributed by atoms with Gasteiger partial charge < -0.3 is 15.0 Å². The van der Waals surface area contributed by atoms with Crippen LogP contribution >= 0.6 is 23.2 Å². The van der Waals surface area contributed by atoms with Crippen LogP contribution in [-0.4, -0.2) is 52.3 Å². The summed E-state index contributed by atoms with van der Waals surface area (Å²) in [6.45, 7) is 2.46. The number of benzene rings is 1. The SMILES string of the molecule is O=C(NC[C@H]1CCCO1)c1cc2n(n1)CCN(Cc1c(Cl)cccc1Cl)C2=O. The molecule has 0 saturated carbocycles. The van der Waals surface area contributed by atoms with Crippen molar-refractivity contribution in [2.45, 2.75) is 32.0 Å². The highest BCUT2D eigenvalue weighted by molar-refractivity contribution is 6.36. The Hall–Kier alpha value is -2.09. The number of hydrogen-bond acceptors (Lipinski definition) is 4. The van der Waals surface area contributed by atoms with Gasteiger partial charge in [-0.1, -0.05) is 29.3 Å². The summed E-state index contributed by atoms with van der Waals surface area (Å²) in [7, 11) is 0. The van der Waals surface area contributed by atoms with E-state index in [1.807, 2.05) is 0 Å². The number of nitrogens with zero attached hydrogens (tertiary/aromatic N) is 3. The van der Waals surface area contributed by atoms with Gasteiger partial charge in [-0.15, -0.1) is 0 Å². The molecule has 1 aromatic heterocycles. The van der Waals surface area contributed by atoms with E-state index in [4.69, 9.17) is 27.9 Å². The molecule has 3 heterocycles. The van der Waals surface area contributed by atoms with Gasteiger partial charge in [0.15, 0.2) is 5.69 Å². The standard InChI is InChI=1S/C19H20Cl2N4O3/c20-14-4-1-5-15(21)13(14)11-24-6-7-25-17(19(24)27)9-16(23-25)18(26)22-10-12-3-2-8-28-12/h1,4-5,9,12H,2-3,6-8,10-11H2,(H,22,26)/t12-/m1/s1. The average molecular weight is 423 g/mol. The van der Waals surface area contributed by atoms with E-state index >= 15 is 0 Å². The number of amides is 2. The molecule has 1 atom stereocenters. The van der Waals surface area contributed by atoms with E-state index in [-0.39, 0.29) is 23.6 Å². The van der Waals surface area contributed by atoms with Crippen LogP contribution in [0.4, 0.5) is 0 Å². The molecule has 0 bridgehead atoms. The molecule has 2 aliphatic rings. The number of carbonyl (C=O) groups excluding carboxylic acids is 2. The molecule has 1 N–H and O–H groups in total. The quantitative estimate of drug-likeness (QED) is 0.803. The fraction of sp³-hybridized carbons (Fsp3) is 0.421. The summed E-state index contributed by atoms with van der Waals surface area (Å²) in [5, 5.41) is 8.16. The van der Waals surface area contributed by atoms with Crippen LogP contribution in [0.15, 0.2) is 24.3 Å². The van der Waals surface area contributed by atoms with Crippen LogP contribution < -0.4 is 5.32 Å². The molecule has 2 amide bonds. The van der Waals surface area contributed by atoms with E-state index in [1.54, 1.807) is 27.8 Å². The van der Waals surface area contributed by atoms with Crippen molar-refractivity contribution in [3.8, 4) is 0 Å². The molecule has 1 saturated heterocycles. The molecule has 0 spiro atoms. The molecular formula is C19H20Cl2N4O3. The maximum absolute atomic E-state index is 12.9. The molecule has 1 aromatic carbocycles. The smallest absolute Gasteiger partial charge is 0.272 e. The van der Waals surface area contributed by atoms with Gasteiger partial charge in [0.25, 0.3) is 11.8 Å². The zero-order valence-electron chi connectivity index (χ0n) is 15.2. The Bertz CT molecular complexity index is 888. The van der Waals surface area contributed by atoms with Crippen LogP contribution in [-0.2, 0) is 17.8 Å². The summed E-state index contributed by atoms with van der Waals surface area (Å²) in [4.78, 5) is 26.9. The van der Waals surface area contributed by atoms with Gasteiger partial charge in [-0.2, -0.15) is 5.10 Å². The van der Waals surface area contributed by atoms with Crippen LogP contribution in [0.25, 0.3) is 0 Å². The van der Waals surface area contributed by atoms with Crippen molar-refractivity contribution in [1.29, 1.82) is 0 Å². The Morgan fingerprint density at radius 2 is 2.07 bits per heavy atom. The summed E-state index contributed by atoms with van der Waals surface area (Å²) in [6, 6.07) is 6.80. The maximum atomic E-state index is 12.9. The van der Waals surface area contributed by atoms with Crippen LogP contribution in [0.3, 0.4) is 0 Å².